The predicted octanol–water partition coefficient (Wildman–Crippen LogP) is 4.76. The van der Waals surface area contributed by atoms with Crippen molar-refractivity contribution in [1.82, 2.24) is 0 Å². The summed E-state index contributed by atoms with van der Waals surface area (Å²) in [5, 5.41) is 2.94. The van der Waals surface area contributed by atoms with E-state index in [1.807, 2.05) is 91.0 Å². The third kappa shape index (κ3) is 3.12. The van der Waals surface area contributed by atoms with Gasteiger partial charge in [-0.2, -0.15) is 4.91 Å². The second-order valence-corrected chi connectivity index (χ2v) is 5.48. The van der Waals surface area contributed by atoms with Crippen molar-refractivity contribution in [3.05, 3.63) is 113 Å². The van der Waals surface area contributed by atoms with E-state index in [9.17, 15) is 4.91 Å². The van der Waals surface area contributed by atoms with Gasteiger partial charge in [-0.05, 0) is 16.7 Å². The number of hydrogen-bond acceptors (Lipinski definition) is 3. The molecule has 3 aromatic rings. The molecule has 0 unspecified atom stereocenters. The van der Waals surface area contributed by atoms with Gasteiger partial charge in [0, 0.05) is 0 Å². The highest BCUT2D eigenvalue weighted by Crippen LogP contribution is 2.40. The van der Waals surface area contributed by atoms with Gasteiger partial charge in [0.1, 0.15) is 12.1 Å². The summed E-state index contributed by atoms with van der Waals surface area (Å²) in [6, 6.07) is 30.2. The molecule has 0 atom stereocenters. The van der Waals surface area contributed by atoms with Crippen molar-refractivity contribution >= 4 is 0 Å². The van der Waals surface area contributed by atoms with Gasteiger partial charge >= 0.3 is 0 Å². The summed E-state index contributed by atoms with van der Waals surface area (Å²) < 4.78 is 6.33. The van der Waals surface area contributed by atoms with Crippen LogP contribution < -0.4 is 0 Å². The number of hydrogen-bond donors (Lipinski definition) is 0. The third-order valence-electron chi connectivity index (χ3n) is 4.04. The highest BCUT2D eigenvalue weighted by Gasteiger charge is 2.37. The molecule has 24 heavy (non-hydrogen) atoms. The average Bonchev–Trinajstić information content (AvgIpc) is 2.68. The van der Waals surface area contributed by atoms with Crippen LogP contribution in [0, 0.1) is 4.91 Å². The van der Waals surface area contributed by atoms with E-state index >= 15 is 0 Å². The topological polar surface area (TPSA) is 38.7 Å². The van der Waals surface area contributed by atoms with Gasteiger partial charge in [-0.15, -0.1) is 0 Å². The fourth-order valence-electron chi connectivity index (χ4n) is 3.00. The van der Waals surface area contributed by atoms with Crippen LogP contribution in [-0.4, -0.2) is 13.2 Å². The molecular formula is C21H19NO2. The van der Waals surface area contributed by atoms with Gasteiger partial charge in [0.15, 0.2) is 0 Å². The highest BCUT2D eigenvalue weighted by atomic mass is 16.5. The monoisotopic (exact) mass is 317 g/mol. The Hall–Kier alpha value is -2.78. The number of ether oxygens (including phenoxy) is 1. The molecule has 0 spiro atoms. The quantitative estimate of drug-likeness (QED) is 0.358. The Balaban J connectivity index is 2.22. The van der Waals surface area contributed by atoms with E-state index in [2.05, 4.69) is 5.18 Å². The Bertz CT molecular complexity index is 661. The number of rotatable bonds is 7. The molecule has 3 aromatic carbocycles. The van der Waals surface area contributed by atoms with Gasteiger partial charge in [0.2, 0.25) is 0 Å². The standard InChI is InChI=1S/C21H19NO2/c23-22-16-17-24-21(18-10-4-1-5-11-18,19-12-6-2-7-13-19)20-14-8-3-9-15-20/h1-15H,16-17H2. The molecule has 0 heterocycles. The fourth-order valence-corrected chi connectivity index (χ4v) is 3.00. The lowest BCUT2D eigenvalue weighted by Crippen LogP contribution is -2.33. The van der Waals surface area contributed by atoms with Crippen molar-refractivity contribution in [3.8, 4) is 0 Å². The molecule has 0 bridgehead atoms. The molecule has 120 valence electrons. The molecule has 0 fully saturated rings. The lowest BCUT2D eigenvalue weighted by molar-refractivity contribution is 0.0180. The van der Waals surface area contributed by atoms with Crippen LogP contribution in [0.3, 0.4) is 0 Å². The number of nitrogens with zero attached hydrogens (tertiary/aromatic N) is 1. The molecule has 0 amide bonds. The molecule has 3 nitrogen and oxygen atoms in total. The summed E-state index contributed by atoms with van der Waals surface area (Å²) in [4.78, 5) is 10.6. The Morgan fingerprint density at radius 1 is 0.667 bits per heavy atom. The van der Waals surface area contributed by atoms with Crippen molar-refractivity contribution in [2.75, 3.05) is 13.2 Å². The average molecular weight is 317 g/mol. The van der Waals surface area contributed by atoms with E-state index in [4.69, 9.17) is 4.74 Å². The maximum Gasteiger partial charge on any atom is 0.143 e. The second-order valence-electron chi connectivity index (χ2n) is 5.48. The van der Waals surface area contributed by atoms with Crippen molar-refractivity contribution in [3.63, 3.8) is 0 Å². The van der Waals surface area contributed by atoms with Gasteiger partial charge in [-0.25, -0.2) is 0 Å². The molecule has 3 rings (SSSR count). The van der Waals surface area contributed by atoms with Crippen LogP contribution in [0.25, 0.3) is 0 Å². The first-order chi connectivity index (χ1) is 11.9. The lowest BCUT2D eigenvalue weighted by Gasteiger charge is -2.35. The minimum Gasteiger partial charge on any atom is -0.359 e. The van der Waals surface area contributed by atoms with Crippen LogP contribution in [0.5, 0.6) is 0 Å². The van der Waals surface area contributed by atoms with Gasteiger partial charge in [0.05, 0.1) is 6.61 Å². The van der Waals surface area contributed by atoms with Crippen molar-refractivity contribution in [1.29, 1.82) is 0 Å². The molecule has 0 saturated carbocycles. The third-order valence-corrected chi connectivity index (χ3v) is 4.04. The highest BCUT2D eigenvalue weighted by molar-refractivity contribution is 5.47. The summed E-state index contributed by atoms with van der Waals surface area (Å²) >= 11 is 0. The minimum absolute atomic E-state index is 0.119. The zero-order valence-corrected chi connectivity index (χ0v) is 13.3. The van der Waals surface area contributed by atoms with Gasteiger partial charge < -0.3 is 4.74 Å². The van der Waals surface area contributed by atoms with Gasteiger partial charge in [0.25, 0.3) is 0 Å². The van der Waals surface area contributed by atoms with E-state index in [-0.39, 0.29) is 13.2 Å². The molecule has 0 saturated heterocycles. The smallest absolute Gasteiger partial charge is 0.143 e. The second kappa shape index (κ2) is 7.66. The maximum absolute atomic E-state index is 10.6. The zero-order chi connectivity index (χ0) is 16.7. The fraction of sp³-hybridized carbons (Fsp3) is 0.143. The van der Waals surface area contributed by atoms with Crippen molar-refractivity contribution < 1.29 is 4.74 Å². The molecular weight excluding hydrogens is 298 g/mol. The van der Waals surface area contributed by atoms with E-state index in [0.717, 1.165) is 16.7 Å². The molecule has 0 radical (unpaired) electrons. The molecule has 0 aliphatic carbocycles. The van der Waals surface area contributed by atoms with Crippen LogP contribution >= 0.6 is 0 Å². The van der Waals surface area contributed by atoms with E-state index in [1.54, 1.807) is 0 Å². The Kier molecular flexibility index (Phi) is 5.14. The van der Waals surface area contributed by atoms with Crippen LogP contribution in [0.2, 0.25) is 0 Å². The maximum atomic E-state index is 10.6. The summed E-state index contributed by atoms with van der Waals surface area (Å²) in [7, 11) is 0. The largest absolute Gasteiger partial charge is 0.359 e. The minimum atomic E-state index is -0.769. The normalized spacial score (nSPS) is 11.2. The van der Waals surface area contributed by atoms with Gasteiger partial charge in [-0.1, -0.05) is 96.2 Å². The number of nitroso groups, excluding NO2 is 1. The molecule has 3 heteroatoms. The Labute approximate surface area is 141 Å². The van der Waals surface area contributed by atoms with Crippen LogP contribution in [0.15, 0.2) is 96.2 Å². The molecule has 0 aromatic heterocycles. The van der Waals surface area contributed by atoms with E-state index in [0.29, 0.717) is 0 Å². The van der Waals surface area contributed by atoms with Crippen LogP contribution in [0.4, 0.5) is 0 Å². The zero-order valence-electron chi connectivity index (χ0n) is 13.3. The van der Waals surface area contributed by atoms with Crippen LogP contribution in [0.1, 0.15) is 16.7 Å². The summed E-state index contributed by atoms with van der Waals surface area (Å²) in [6.07, 6.45) is 0. The van der Waals surface area contributed by atoms with Crippen LogP contribution in [-0.2, 0) is 10.3 Å². The predicted molar refractivity (Wildman–Crippen MR) is 95.8 cm³/mol. The van der Waals surface area contributed by atoms with Crippen molar-refractivity contribution in [2.45, 2.75) is 5.60 Å². The summed E-state index contributed by atoms with van der Waals surface area (Å²) in [6.45, 7) is 0.371. The summed E-state index contributed by atoms with van der Waals surface area (Å²) in [5.41, 5.74) is 2.30. The SMILES string of the molecule is O=NCCOC(c1ccccc1)(c1ccccc1)c1ccccc1. The molecule has 0 N–H and O–H groups in total. The Morgan fingerprint density at radius 2 is 1.04 bits per heavy atom. The molecule has 0 aliphatic rings. The van der Waals surface area contributed by atoms with Crippen molar-refractivity contribution in [2.24, 2.45) is 5.18 Å². The first-order valence-corrected chi connectivity index (χ1v) is 7.97. The summed E-state index contributed by atoms with van der Waals surface area (Å²) in [5.74, 6) is 0. The number of benzene rings is 3. The lowest BCUT2D eigenvalue weighted by atomic mass is 9.80. The first-order valence-electron chi connectivity index (χ1n) is 7.97. The Morgan fingerprint density at radius 3 is 1.38 bits per heavy atom. The first kappa shape index (κ1) is 16.1. The molecule has 0 aliphatic heterocycles. The van der Waals surface area contributed by atoms with E-state index < -0.39 is 5.60 Å². The van der Waals surface area contributed by atoms with E-state index in [1.165, 1.54) is 0 Å². The van der Waals surface area contributed by atoms with Gasteiger partial charge in [-0.3, -0.25) is 0 Å².